The molecule has 8 heteroatoms. The first-order chi connectivity index (χ1) is 11.3. The van der Waals surface area contributed by atoms with Crippen LogP contribution in [0.25, 0.3) is 0 Å². The molecule has 0 aromatic carbocycles. The molecule has 0 aliphatic carbocycles. The Hall–Kier alpha value is -1.93. The van der Waals surface area contributed by atoms with Crippen molar-refractivity contribution in [1.29, 1.82) is 0 Å². The molecule has 0 unspecified atom stereocenters. The maximum absolute atomic E-state index is 12.1. The van der Waals surface area contributed by atoms with Gasteiger partial charge in [0.05, 0.1) is 11.3 Å². The van der Waals surface area contributed by atoms with E-state index in [4.69, 9.17) is 5.73 Å². The van der Waals surface area contributed by atoms with E-state index in [1.54, 1.807) is 18.3 Å². The van der Waals surface area contributed by atoms with Crippen LogP contribution in [0.2, 0.25) is 0 Å². The molecule has 2 rings (SSSR count). The standard InChI is InChI=1S/C16H17BrN4O2S/c1-8-9(2)14(15(18)23)16(20-10(8)3)24-7-13(22)21-12-5-4-11(17)6-19-12/h4-6H,7H2,1-3H3,(H2,18,23)(H,19,21,22). The van der Waals surface area contributed by atoms with E-state index in [2.05, 4.69) is 31.2 Å². The van der Waals surface area contributed by atoms with Crippen LogP contribution in [0.4, 0.5) is 5.82 Å². The Morgan fingerprint density at radius 2 is 1.96 bits per heavy atom. The number of halogens is 1. The number of nitrogens with zero attached hydrogens (tertiary/aromatic N) is 2. The van der Waals surface area contributed by atoms with Crippen LogP contribution in [0.3, 0.4) is 0 Å². The molecule has 126 valence electrons. The molecule has 2 amide bonds. The lowest BCUT2D eigenvalue weighted by Gasteiger charge is -2.13. The molecule has 0 saturated heterocycles. The summed E-state index contributed by atoms with van der Waals surface area (Å²) in [6.45, 7) is 5.59. The first-order valence-electron chi connectivity index (χ1n) is 7.11. The van der Waals surface area contributed by atoms with Crippen molar-refractivity contribution in [1.82, 2.24) is 9.97 Å². The van der Waals surface area contributed by atoms with Crippen molar-refractivity contribution in [2.75, 3.05) is 11.1 Å². The number of carbonyl (C=O) groups is 2. The summed E-state index contributed by atoms with van der Waals surface area (Å²) >= 11 is 4.46. The van der Waals surface area contributed by atoms with Gasteiger partial charge in [-0.3, -0.25) is 9.59 Å². The number of thioether (sulfide) groups is 1. The second kappa shape index (κ2) is 7.76. The van der Waals surface area contributed by atoms with Crippen LogP contribution in [0.5, 0.6) is 0 Å². The highest BCUT2D eigenvalue weighted by Gasteiger charge is 2.18. The molecule has 0 aliphatic heterocycles. The van der Waals surface area contributed by atoms with Crippen LogP contribution in [-0.2, 0) is 4.79 Å². The van der Waals surface area contributed by atoms with Crippen LogP contribution < -0.4 is 11.1 Å². The summed E-state index contributed by atoms with van der Waals surface area (Å²) in [5, 5.41) is 3.17. The molecule has 0 radical (unpaired) electrons. The van der Waals surface area contributed by atoms with Gasteiger partial charge >= 0.3 is 0 Å². The Labute approximate surface area is 152 Å². The van der Waals surface area contributed by atoms with E-state index in [0.717, 1.165) is 21.3 Å². The van der Waals surface area contributed by atoms with E-state index in [1.807, 2.05) is 20.8 Å². The summed E-state index contributed by atoms with van der Waals surface area (Å²) in [6, 6.07) is 3.48. The number of rotatable bonds is 5. The third kappa shape index (κ3) is 4.33. The SMILES string of the molecule is Cc1nc(SCC(=O)Nc2ccc(Br)cn2)c(C(N)=O)c(C)c1C. The summed E-state index contributed by atoms with van der Waals surface area (Å²) in [4.78, 5) is 32.3. The zero-order valence-corrected chi connectivity index (χ0v) is 15.9. The van der Waals surface area contributed by atoms with Crippen LogP contribution in [0.1, 0.15) is 27.2 Å². The van der Waals surface area contributed by atoms with Crippen LogP contribution in [0.15, 0.2) is 27.8 Å². The van der Waals surface area contributed by atoms with E-state index in [-0.39, 0.29) is 11.7 Å². The molecule has 24 heavy (non-hydrogen) atoms. The Balaban J connectivity index is 2.12. The number of aryl methyl sites for hydroxylation is 1. The van der Waals surface area contributed by atoms with Crippen molar-refractivity contribution >= 4 is 45.3 Å². The number of primary amides is 1. The number of anilines is 1. The van der Waals surface area contributed by atoms with Crippen molar-refractivity contribution in [2.45, 2.75) is 25.8 Å². The van der Waals surface area contributed by atoms with Crippen LogP contribution in [0, 0.1) is 20.8 Å². The fourth-order valence-corrected chi connectivity index (χ4v) is 3.24. The highest BCUT2D eigenvalue weighted by atomic mass is 79.9. The van der Waals surface area contributed by atoms with Gasteiger partial charge in [-0.15, -0.1) is 0 Å². The smallest absolute Gasteiger partial charge is 0.251 e. The Morgan fingerprint density at radius 1 is 1.25 bits per heavy atom. The van der Waals surface area contributed by atoms with Gasteiger partial charge in [0.15, 0.2) is 0 Å². The number of nitrogens with two attached hydrogens (primary N) is 1. The van der Waals surface area contributed by atoms with Crippen molar-refractivity contribution < 1.29 is 9.59 Å². The van der Waals surface area contributed by atoms with Crippen LogP contribution in [-0.4, -0.2) is 27.5 Å². The first-order valence-corrected chi connectivity index (χ1v) is 8.89. The van der Waals surface area contributed by atoms with Gasteiger partial charge in [0, 0.05) is 16.4 Å². The van der Waals surface area contributed by atoms with Gasteiger partial charge in [-0.1, -0.05) is 11.8 Å². The fraction of sp³-hybridized carbons (Fsp3) is 0.250. The average Bonchev–Trinajstić information content (AvgIpc) is 2.52. The van der Waals surface area contributed by atoms with E-state index in [9.17, 15) is 9.59 Å². The fourth-order valence-electron chi connectivity index (χ4n) is 2.07. The van der Waals surface area contributed by atoms with Gasteiger partial charge in [0.25, 0.3) is 5.91 Å². The van der Waals surface area contributed by atoms with Crippen molar-refractivity contribution in [3.8, 4) is 0 Å². The van der Waals surface area contributed by atoms with E-state index >= 15 is 0 Å². The Morgan fingerprint density at radius 3 is 2.54 bits per heavy atom. The first kappa shape index (κ1) is 18.4. The zero-order chi connectivity index (χ0) is 17.9. The number of aromatic nitrogens is 2. The maximum Gasteiger partial charge on any atom is 0.251 e. The van der Waals surface area contributed by atoms with Gasteiger partial charge < -0.3 is 11.1 Å². The topological polar surface area (TPSA) is 98.0 Å². The molecule has 0 aliphatic rings. The molecule has 3 N–H and O–H groups in total. The van der Waals surface area contributed by atoms with Gasteiger partial charge in [0.1, 0.15) is 10.8 Å². The summed E-state index contributed by atoms with van der Waals surface area (Å²) < 4.78 is 0.829. The quantitative estimate of drug-likeness (QED) is 0.740. The number of hydrogen-bond donors (Lipinski definition) is 2. The van der Waals surface area contributed by atoms with Gasteiger partial charge in [-0.2, -0.15) is 0 Å². The monoisotopic (exact) mass is 408 g/mol. The number of carbonyl (C=O) groups excluding carboxylic acids is 2. The minimum absolute atomic E-state index is 0.104. The highest BCUT2D eigenvalue weighted by molar-refractivity contribution is 9.10. The lowest BCUT2D eigenvalue weighted by atomic mass is 10.0. The second-order valence-corrected chi connectivity index (χ2v) is 7.07. The zero-order valence-electron chi connectivity index (χ0n) is 13.5. The Kier molecular flexibility index (Phi) is 5.95. The lowest BCUT2D eigenvalue weighted by Crippen LogP contribution is -2.19. The maximum atomic E-state index is 12.1. The summed E-state index contributed by atoms with van der Waals surface area (Å²) in [5.41, 5.74) is 8.38. The van der Waals surface area contributed by atoms with E-state index < -0.39 is 5.91 Å². The molecule has 6 nitrogen and oxygen atoms in total. The Bertz CT molecular complexity index is 794. The largest absolute Gasteiger partial charge is 0.366 e. The third-order valence-corrected chi connectivity index (χ3v) is 4.99. The van der Waals surface area contributed by atoms with Crippen molar-refractivity contribution in [3.05, 3.63) is 45.2 Å². The summed E-state index contributed by atoms with van der Waals surface area (Å²) in [7, 11) is 0. The number of hydrogen-bond acceptors (Lipinski definition) is 5. The highest BCUT2D eigenvalue weighted by Crippen LogP contribution is 2.26. The normalized spacial score (nSPS) is 10.5. The third-order valence-electron chi connectivity index (χ3n) is 3.54. The predicted octanol–water partition coefficient (Wildman–Crippen LogP) is 2.99. The molecule has 0 atom stereocenters. The van der Waals surface area contributed by atoms with Gasteiger partial charge in [-0.25, -0.2) is 9.97 Å². The molecule has 0 bridgehead atoms. The predicted molar refractivity (Wildman–Crippen MR) is 98.3 cm³/mol. The van der Waals surface area contributed by atoms with Gasteiger partial charge in [0.2, 0.25) is 5.91 Å². The van der Waals surface area contributed by atoms with Gasteiger partial charge in [-0.05, 0) is 60.0 Å². The molecule has 2 aromatic rings. The average molecular weight is 409 g/mol. The minimum Gasteiger partial charge on any atom is -0.366 e. The number of pyridine rings is 2. The van der Waals surface area contributed by atoms with Crippen molar-refractivity contribution in [2.24, 2.45) is 5.73 Å². The van der Waals surface area contributed by atoms with Crippen LogP contribution >= 0.6 is 27.7 Å². The molecule has 2 aromatic heterocycles. The molecule has 0 spiro atoms. The molecular formula is C16H17BrN4O2S. The second-order valence-electron chi connectivity index (χ2n) is 5.19. The summed E-state index contributed by atoms with van der Waals surface area (Å²) in [6.07, 6.45) is 1.60. The molecule has 2 heterocycles. The van der Waals surface area contributed by atoms with E-state index in [1.165, 1.54) is 11.8 Å². The molecule has 0 fully saturated rings. The van der Waals surface area contributed by atoms with Crippen molar-refractivity contribution in [3.63, 3.8) is 0 Å². The minimum atomic E-state index is -0.541. The number of nitrogens with one attached hydrogen (secondary N) is 1. The molecular weight excluding hydrogens is 392 g/mol. The number of amides is 2. The molecule has 0 saturated carbocycles. The lowest BCUT2D eigenvalue weighted by molar-refractivity contribution is -0.113. The summed E-state index contributed by atoms with van der Waals surface area (Å²) in [5.74, 6) is -0.209. The van der Waals surface area contributed by atoms with E-state index in [0.29, 0.717) is 16.4 Å².